The summed E-state index contributed by atoms with van der Waals surface area (Å²) in [6.45, 7) is -0.268. The van der Waals surface area contributed by atoms with Gasteiger partial charge in [0, 0.05) is 18.4 Å². The highest BCUT2D eigenvalue weighted by Gasteiger charge is 2.27. The van der Waals surface area contributed by atoms with Crippen LogP contribution in [0.15, 0.2) is 41.6 Å². The van der Waals surface area contributed by atoms with Crippen molar-refractivity contribution in [3.05, 3.63) is 36.7 Å². The molecule has 0 bridgehead atoms. The summed E-state index contributed by atoms with van der Waals surface area (Å²) in [4.78, 5) is 19.1. The summed E-state index contributed by atoms with van der Waals surface area (Å²) in [5.74, 6) is 0.418. The van der Waals surface area contributed by atoms with Gasteiger partial charge in [0.25, 0.3) is 17.7 Å². The first-order valence-corrected chi connectivity index (χ1v) is 10.9. The van der Waals surface area contributed by atoms with Crippen molar-refractivity contribution in [2.45, 2.75) is 42.7 Å². The SMILES string of the molecule is COc1nccnc1OC1CCC(NS(=O)(=O)c2ccc(OCC(N)=O)cc2)CC1. The number of hydrogen-bond acceptors (Lipinski definition) is 8. The van der Waals surface area contributed by atoms with Crippen LogP contribution in [0.5, 0.6) is 17.5 Å². The van der Waals surface area contributed by atoms with Gasteiger partial charge in [0.1, 0.15) is 11.9 Å². The smallest absolute Gasteiger partial charge is 0.278 e. The molecule has 10 nitrogen and oxygen atoms in total. The number of nitrogens with two attached hydrogens (primary N) is 1. The fourth-order valence-corrected chi connectivity index (χ4v) is 4.45. The summed E-state index contributed by atoms with van der Waals surface area (Å²) >= 11 is 0. The third-order valence-corrected chi connectivity index (χ3v) is 6.15. The zero-order chi connectivity index (χ0) is 21.6. The topological polar surface area (TPSA) is 143 Å². The fourth-order valence-electron chi connectivity index (χ4n) is 3.15. The standard InChI is InChI=1S/C19H24N4O6S/c1-27-18-19(22-11-10-21-18)29-15-4-2-13(3-5-15)23-30(25,26)16-8-6-14(7-9-16)28-12-17(20)24/h6-11,13,15,23H,2-5,12H2,1H3,(H2,20,24). The lowest BCUT2D eigenvalue weighted by atomic mass is 9.94. The van der Waals surface area contributed by atoms with E-state index in [2.05, 4.69) is 14.7 Å². The highest BCUT2D eigenvalue weighted by molar-refractivity contribution is 7.89. The molecule has 0 saturated heterocycles. The van der Waals surface area contributed by atoms with Crippen LogP contribution in [0.25, 0.3) is 0 Å². The van der Waals surface area contributed by atoms with E-state index >= 15 is 0 Å². The zero-order valence-electron chi connectivity index (χ0n) is 16.5. The molecule has 3 rings (SSSR count). The molecule has 30 heavy (non-hydrogen) atoms. The van der Waals surface area contributed by atoms with E-state index in [9.17, 15) is 13.2 Å². The molecule has 0 unspecified atom stereocenters. The molecule has 1 saturated carbocycles. The number of hydrogen-bond donors (Lipinski definition) is 2. The Morgan fingerprint density at radius 3 is 2.33 bits per heavy atom. The predicted octanol–water partition coefficient (Wildman–Crippen LogP) is 1.02. The fraction of sp³-hybridized carbons (Fsp3) is 0.421. The number of rotatable bonds is 9. The molecule has 1 aromatic carbocycles. The number of aromatic nitrogens is 2. The Morgan fingerprint density at radius 2 is 1.73 bits per heavy atom. The van der Waals surface area contributed by atoms with E-state index in [1.807, 2.05) is 0 Å². The number of nitrogens with zero attached hydrogens (tertiary/aromatic N) is 2. The minimum Gasteiger partial charge on any atom is -0.484 e. The molecule has 1 aromatic heterocycles. The summed E-state index contributed by atoms with van der Waals surface area (Å²) in [6, 6.07) is 5.62. The first kappa shape index (κ1) is 21.8. The predicted molar refractivity (Wildman–Crippen MR) is 107 cm³/mol. The van der Waals surface area contributed by atoms with Crippen LogP contribution in [0.2, 0.25) is 0 Å². The highest BCUT2D eigenvalue weighted by atomic mass is 32.2. The summed E-state index contributed by atoms with van der Waals surface area (Å²) in [7, 11) is -2.18. The molecule has 1 heterocycles. The molecular weight excluding hydrogens is 412 g/mol. The number of sulfonamides is 1. The number of carbonyl (C=O) groups excluding carboxylic acids is 1. The quantitative estimate of drug-likeness (QED) is 0.593. The Bertz CT molecular complexity index is 959. The van der Waals surface area contributed by atoms with Gasteiger partial charge in [-0.2, -0.15) is 0 Å². The molecule has 1 aliphatic carbocycles. The largest absolute Gasteiger partial charge is 0.484 e. The van der Waals surface area contributed by atoms with Crippen LogP contribution in [0.4, 0.5) is 0 Å². The average Bonchev–Trinajstić information content (AvgIpc) is 2.74. The maximum atomic E-state index is 12.6. The summed E-state index contributed by atoms with van der Waals surface area (Å²) in [5.41, 5.74) is 5.02. The average molecular weight is 436 g/mol. The Kier molecular flexibility index (Phi) is 7.06. The van der Waals surface area contributed by atoms with Gasteiger partial charge >= 0.3 is 0 Å². The Hall–Kier alpha value is -2.92. The molecule has 3 N–H and O–H groups in total. The van der Waals surface area contributed by atoms with Crippen molar-refractivity contribution >= 4 is 15.9 Å². The second kappa shape index (κ2) is 9.72. The summed E-state index contributed by atoms with van der Waals surface area (Å²) in [5, 5.41) is 0. The van der Waals surface area contributed by atoms with Crippen molar-refractivity contribution in [3.63, 3.8) is 0 Å². The van der Waals surface area contributed by atoms with Gasteiger partial charge in [-0.25, -0.2) is 23.1 Å². The lowest BCUT2D eigenvalue weighted by Gasteiger charge is -2.29. The van der Waals surface area contributed by atoms with E-state index in [1.54, 1.807) is 0 Å². The van der Waals surface area contributed by atoms with Gasteiger partial charge in [0.2, 0.25) is 10.0 Å². The molecule has 2 aromatic rings. The Balaban J connectivity index is 1.53. The number of nitrogens with one attached hydrogen (secondary N) is 1. The van der Waals surface area contributed by atoms with Crippen molar-refractivity contribution in [2.75, 3.05) is 13.7 Å². The lowest BCUT2D eigenvalue weighted by molar-refractivity contribution is -0.119. The molecule has 162 valence electrons. The van der Waals surface area contributed by atoms with Crippen LogP contribution >= 0.6 is 0 Å². The second-order valence-electron chi connectivity index (χ2n) is 6.81. The van der Waals surface area contributed by atoms with Crippen LogP contribution < -0.4 is 24.7 Å². The van der Waals surface area contributed by atoms with E-state index in [-0.39, 0.29) is 23.6 Å². The van der Waals surface area contributed by atoms with E-state index in [0.29, 0.717) is 43.2 Å². The molecule has 1 fully saturated rings. The summed E-state index contributed by atoms with van der Waals surface area (Å²) < 4.78 is 44.2. The minimum absolute atomic E-state index is 0.0851. The molecular formula is C19H24N4O6S. The van der Waals surface area contributed by atoms with Gasteiger partial charge in [0.15, 0.2) is 6.61 Å². The van der Waals surface area contributed by atoms with Crippen LogP contribution in [0.1, 0.15) is 25.7 Å². The maximum Gasteiger partial charge on any atom is 0.278 e. The van der Waals surface area contributed by atoms with Gasteiger partial charge in [-0.15, -0.1) is 0 Å². The number of primary amides is 1. The molecule has 1 amide bonds. The molecule has 0 radical (unpaired) electrons. The van der Waals surface area contributed by atoms with Gasteiger partial charge < -0.3 is 19.9 Å². The highest BCUT2D eigenvalue weighted by Crippen LogP contribution is 2.28. The monoisotopic (exact) mass is 436 g/mol. The van der Waals surface area contributed by atoms with Crippen LogP contribution in [0, 0.1) is 0 Å². The van der Waals surface area contributed by atoms with Crippen molar-refractivity contribution in [1.29, 1.82) is 0 Å². The third-order valence-electron chi connectivity index (χ3n) is 4.62. The van der Waals surface area contributed by atoms with Gasteiger partial charge in [-0.3, -0.25) is 4.79 Å². The molecule has 0 atom stereocenters. The van der Waals surface area contributed by atoms with Crippen molar-refractivity contribution in [2.24, 2.45) is 5.73 Å². The number of ether oxygens (including phenoxy) is 3. The normalized spacial score (nSPS) is 19.1. The Morgan fingerprint density at radius 1 is 1.10 bits per heavy atom. The minimum atomic E-state index is -3.68. The molecule has 1 aliphatic rings. The number of benzene rings is 1. The van der Waals surface area contributed by atoms with Crippen LogP contribution in [0.3, 0.4) is 0 Å². The third kappa shape index (κ3) is 5.80. The lowest BCUT2D eigenvalue weighted by Crippen LogP contribution is -2.39. The van der Waals surface area contributed by atoms with E-state index in [1.165, 1.54) is 43.8 Å². The van der Waals surface area contributed by atoms with Crippen molar-refractivity contribution < 1.29 is 27.4 Å². The van der Waals surface area contributed by atoms with Crippen molar-refractivity contribution in [3.8, 4) is 17.5 Å². The van der Waals surface area contributed by atoms with Gasteiger partial charge in [-0.1, -0.05) is 0 Å². The van der Waals surface area contributed by atoms with Gasteiger partial charge in [-0.05, 0) is 49.9 Å². The second-order valence-corrected chi connectivity index (χ2v) is 8.52. The molecule has 0 aliphatic heterocycles. The van der Waals surface area contributed by atoms with Crippen molar-refractivity contribution in [1.82, 2.24) is 14.7 Å². The first-order valence-electron chi connectivity index (χ1n) is 9.42. The molecule has 0 spiro atoms. The van der Waals surface area contributed by atoms with Crippen LogP contribution in [-0.4, -0.2) is 50.2 Å². The van der Waals surface area contributed by atoms with E-state index in [4.69, 9.17) is 19.9 Å². The number of methoxy groups -OCH3 is 1. The van der Waals surface area contributed by atoms with Gasteiger partial charge in [0.05, 0.1) is 12.0 Å². The maximum absolute atomic E-state index is 12.6. The first-order chi connectivity index (χ1) is 14.4. The Labute approximate surface area is 174 Å². The summed E-state index contributed by atoms with van der Waals surface area (Å²) in [6.07, 6.45) is 5.58. The zero-order valence-corrected chi connectivity index (χ0v) is 17.3. The molecule has 11 heteroatoms. The van der Waals surface area contributed by atoms with E-state index in [0.717, 1.165) is 0 Å². The van der Waals surface area contributed by atoms with E-state index < -0.39 is 15.9 Å². The van der Waals surface area contributed by atoms with Crippen LogP contribution in [-0.2, 0) is 14.8 Å². The number of carbonyl (C=O) groups is 1. The number of amides is 1.